The number of terminal acetylenes is 1. The van der Waals surface area contributed by atoms with Gasteiger partial charge in [0.05, 0.1) is 12.3 Å². The molecular weight excluding hydrogens is 236 g/mol. The van der Waals surface area contributed by atoms with Crippen molar-refractivity contribution < 1.29 is 9.53 Å². The van der Waals surface area contributed by atoms with Crippen molar-refractivity contribution in [1.29, 1.82) is 0 Å². The Hall–Kier alpha value is -1.80. The fourth-order valence-electron chi connectivity index (χ4n) is 1.73. The lowest BCUT2D eigenvalue weighted by molar-refractivity contribution is 0.0531. The largest absolute Gasteiger partial charge is 0.462 e. The zero-order valence-corrected chi connectivity index (χ0v) is 10.7. The van der Waals surface area contributed by atoms with Gasteiger partial charge in [-0.1, -0.05) is 11.3 Å². The van der Waals surface area contributed by atoms with E-state index >= 15 is 0 Å². The average molecular weight is 248 g/mol. The Morgan fingerprint density at radius 2 is 2.24 bits per heavy atom. The molecule has 0 unspecified atom stereocenters. The molecule has 0 bridgehead atoms. The lowest BCUT2D eigenvalue weighted by Crippen LogP contribution is -2.05. The Kier molecular flexibility index (Phi) is 2.90. The number of rotatable bonds is 2. The van der Waals surface area contributed by atoms with Gasteiger partial charge in [0.1, 0.15) is 10.6 Å². The van der Waals surface area contributed by atoms with Gasteiger partial charge in [-0.3, -0.25) is 4.40 Å². The first kappa shape index (κ1) is 11.7. The van der Waals surface area contributed by atoms with Crippen LogP contribution in [-0.4, -0.2) is 22.0 Å². The van der Waals surface area contributed by atoms with Gasteiger partial charge in [0.15, 0.2) is 4.96 Å². The van der Waals surface area contributed by atoms with Gasteiger partial charge in [0, 0.05) is 5.69 Å². The molecule has 0 aliphatic rings. The summed E-state index contributed by atoms with van der Waals surface area (Å²) >= 11 is 1.30. The molecule has 0 aliphatic heterocycles. The van der Waals surface area contributed by atoms with E-state index in [2.05, 4.69) is 10.9 Å². The van der Waals surface area contributed by atoms with Crippen molar-refractivity contribution in [2.75, 3.05) is 6.61 Å². The number of thiazole rings is 1. The summed E-state index contributed by atoms with van der Waals surface area (Å²) in [6, 6.07) is 0. The number of aryl methyl sites for hydroxylation is 2. The van der Waals surface area contributed by atoms with Crippen molar-refractivity contribution in [2.24, 2.45) is 0 Å². The van der Waals surface area contributed by atoms with Gasteiger partial charge in [-0.05, 0) is 26.7 Å². The van der Waals surface area contributed by atoms with Crippen molar-refractivity contribution in [3.8, 4) is 12.3 Å². The molecule has 0 aromatic carbocycles. The monoisotopic (exact) mass is 248 g/mol. The van der Waals surface area contributed by atoms with Crippen molar-refractivity contribution in [3.63, 3.8) is 0 Å². The fourth-order valence-corrected chi connectivity index (χ4v) is 2.79. The number of imidazole rings is 1. The number of fused-ring (bicyclic) bond motifs is 1. The maximum absolute atomic E-state index is 11.7. The molecule has 0 saturated heterocycles. The van der Waals surface area contributed by atoms with Crippen LogP contribution in [0.4, 0.5) is 0 Å². The van der Waals surface area contributed by atoms with E-state index in [0.29, 0.717) is 17.2 Å². The van der Waals surface area contributed by atoms with Crippen LogP contribution in [0.2, 0.25) is 0 Å². The normalized spacial score (nSPS) is 10.5. The molecule has 5 heteroatoms. The highest BCUT2D eigenvalue weighted by atomic mass is 32.1. The number of aromatic nitrogens is 2. The molecule has 0 saturated carbocycles. The molecule has 2 rings (SSSR count). The van der Waals surface area contributed by atoms with E-state index < -0.39 is 0 Å². The average Bonchev–Trinajstić information content (AvgIpc) is 2.78. The molecule has 88 valence electrons. The van der Waals surface area contributed by atoms with Gasteiger partial charge < -0.3 is 4.74 Å². The summed E-state index contributed by atoms with van der Waals surface area (Å²) in [4.78, 5) is 17.3. The van der Waals surface area contributed by atoms with Crippen LogP contribution in [0.1, 0.15) is 33.7 Å². The van der Waals surface area contributed by atoms with E-state index in [1.54, 1.807) is 6.92 Å². The molecule has 0 amide bonds. The van der Waals surface area contributed by atoms with Crippen molar-refractivity contribution >= 4 is 22.3 Å². The summed E-state index contributed by atoms with van der Waals surface area (Å²) in [5, 5.41) is 0. The summed E-state index contributed by atoms with van der Waals surface area (Å²) in [6.07, 6.45) is 5.36. The van der Waals surface area contributed by atoms with Gasteiger partial charge in [0.25, 0.3) is 0 Å². The first-order chi connectivity index (χ1) is 8.10. The number of hydrogen-bond acceptors (Lipinski definition) is 4. The SMILES string of the molecule is C#Cc1nc2sc(C(=O)OCC)c(C)n2c1C. The minimum atomic E-state index is -0.304. The Morgan fingerprint density at radius 1 is 1.53 bits per heavy atom. The first-order valence-corrected chi connectivity index (χ1v) is 6.04. The predicted molar refractivity (Wildman–Crippen MR) is 66.4 cm³/mol. The van der Waals surface area contributed by atoms with E-state index in [0.717, 1.165) is 16.3 Å². The molecule has 0 fully saturated rings. The lowest BCUT2D eigenvalue weighted by atomic mass is 10.3. The first-order valence-electron chi connectivity index (χ1n) is 5.22. The van der Waals surface area contributed by atoms with Gasteiger partial charge in [0.2, 0.25) is 0 Å². The van der Waals surface area contributed by atoms with Crippen LogP contribution in [0.5, 0.6) is 0 Å². The molecule has 2 aromatic heterocycles. The lowest BCUT2D eigenvalue weighted by Gasteiger charge is -2.00. The second-order valence-electron chi connectivity index (χ2n) is 3.55. The number of nitrogens with zero attached hydrogens (tertiary/aromatic N) is 2. The molecule has 0 N–H and O–H groups in total. The molecule has 0 spiro atoms. The highest BCUT2D eigenvalue weighted by molar-refractivity contribution is 7.19. The van der Waals surface area contributed by atoms with E-state index in [1.807, 2.05) is 18.2 Å². The smallest absolute Gasteiger partial charge is 0.350 e. The maximum atomic E-state index is 11.7. The van der Waals surface area contributed by atoms with Crippen LogP contribution in [0.15, 0.2) is 0 Å². The van der Waals surface area contributed by atoms with Crippen LogP contribution < -0.4 is 0 Å². The second-order valence-corrected chi connectivity index (χ2v) is 4.52. The minimum absolute atomic E-state index is 0.304. The Labute approximate surface area is 103 Å². The van der Waals surface area contributed by atoms with Crippen molar-refractivity contribution in [3.05, 3.63) is 22.0 Å². The van der Waals surface area contributed by atoms with Crippen LogP contribution in [-0.2, 0) is 4.74 Å². The van der Waals surface area contributed by atoms with Crippen LogP contribution in [0.3, 0.4) is 0 Å². The molecule has 2 heterocycles. The Morgan fingerprint density at radius 3 is 2.76 bits per heavy atom. The van der Waals surface area contributed by atoms with E-state index in [1.165, 1.54) is 11.3 Å². The molecular formula is C12H12N2O2S. The topological polar surface area (TPSA) is 43.6 Å². The molecule has 17 heavy (non-hydrogen) atoms. The van der Waals surface area contributed by atoms with Crippen LogP contribution in [0, 0.1) is 26.2 Å². The quantitative estimate of drug-likeness (QED) is 0.604. The van der Waals surface area contributed by atoms with Crippen molar-refractivity contribution in [2.45, 2.75) is 20.8 Å². The third-order valence-corrected chi connectivity index (χ3v) is 3.65. The third kappa shape index (κ3) is 1.71. The number of esters is 1. The van der Waals surface area contributed by atoms with Crippen molar-refractivity contribution in [1.82, 2.24) is 9.38 Å². The number of hydrogen-bond donors (Lipinski definition) is 0. The minimum Gasteiger partial charge on any atom is -0.462 e. The van der Waals surface area contributed by atoms with E-state index in [4.69, 9.17) is 11.2 Å². The van der Waals surface area contributed by atoms with Gasteiger partial charge in [-0.25, -0.2) is 9.78 Å². The van der Waals surface area contributed by atoms with Gasteiger partial charge >= 0.3 is 5.97 Å². The highest BCUT2D eigenvalue weighted by Gasteiger charge is 2.20. The summed E-state index contributed by atoms with van der Waals surface area (Å²) in [5.74, 6) is 2.23. The molecule has 0 atom stereocenters. The summed E-state index contributed by atoms with van der Waals surface area (Å²) in [5.41, 5.74) is 2.33. The van der Waals surface area contributed by atoms with E-state index in [-0.39, 0.29) is 5.97 Å². The number of carbonyl (C=O) groups excluding carboxylic acids is 1. The van der Waals surface area contributed by atoms with Crippen LogP contribution in [0.25, 0.3) is 4.96 Å². The molecule has 0 aliphatic carbocycles. The Bertz CT molecular complexity index is 631. The molecule has 0 radical (unpaired) electrons. The number of ether oxygens (including phenoxy) is 1. The standard InChI is InChI=1S/C12H12N2O2S/c1-5-9-7(3)14-8(4)10(11(15)16-6-2)17-12(14)13-9/h1H,6H2,2-4H3. The summed E-state index contributed by atoms with van der Waals surface area (Å²) in [6.45, 7) is 5.91. The number of carbonyl (C=O) groups is 1. The second kappa shape index (κ2) is 4.22. The van der Waals surface area contributed by atoms with Gasteiger partial charge in [-0.15, -0.1) is 6.42 Å². The van der Waals surface area contributed by atoms with Crippen LogP contribution >= 0.6 is 11.3 Å². The highest BCUT2D eigenvalue weighted by Crippen LogP contribution is 2.26. The molecule has 2 aromatic rings. The summed E-state index contributed by atoms with van der Waals surface area (Å²) in [7, 11) is 0. The van der Waals surface area contributed by atoms with Gasteiger partial charge in [-0.2, -0.15) is 0 Å². The third-order valence-electron chi connectivity index (χ3n) is 2.53. The Balaban J connectivity index is 2.60. The maximum Gasteiger partial charge on any atom is 0.350 e. The zero-order valence-electron chi connectivity index (χ0n) is 9.90. The molecule has 4 nitrogen and oxygen atoms in total. The van der Waals surface area contributed by atoms with E-state index in [9.17, 15) is 4.79 Å². The zero-order chi connectivity index (χ0) is 12.6. The fraction of sp³-hybridized carbons (Fsp3) is 0.333. The predicted octanol–water partition coefficient (Wildman–Crippen LogP) is 2.17. The summed E-state index contributed by atoms with van der Waals surface area (Å²) < 4.78 is 6.89.